The largest absolute Gasteiger partial charge is 0.279 e. The van der Waals surface area contributed by atoms with Crippen molar-refractivity contribution >= 4 is 0 Å². The molecule has 0 radical (unpaired) electrons. The third kappa shape index (κ3) is 1.49. The molecule has 2 nitrogen and oxygen atoms in total. The summed E-state index contributed by atoms with van der Waals surface area (Å²) in [5, 5.41) is 6.66. The molecule has 0 bridgehead atoms. The predicted octanol–water partition coefficient (Wildman–Crippen LogP) is 2.41. The zero-order valence-electron chi connectivity index (χ0n) is 8.03. The van der Waals surface area contributed by atoms with Gasteiger partial charge in [-0.1, -0.05) is 27.7 Å². The van der Waals surface area contributed by atoms with Gasteiger partial charge in [0.2, 0.25) is 0 Å². The summed E-state index contributed by atoms with van der Waals surface area (Å²) in [6, 6.07) is 0. The van der Waals surface area contributed by atoms with Crippen molar-refractivity contribution in [2.75, 3.05) is 0 Å². The second kappa shape index (κ2) is 2.88. The lowest BCUT2D eigenvalue weighted by Gasteiger charge is -2.14. The molecule has 1 rings (SSSR count). The van der Waals surface area contributed by atoms with E-state index in [1.54, 1.807) is 0 Å². The predicted molar refractivity (Wildman–Crippen MR) is 46.6 cm³/mol. The maximum absolute atomic E-state index is 13.4. The average molecular weight is 170 g/mol. The highest BCUT2D eigenvalue weighted by Crippen LogP contribution is 2.24. The minimum absolute atomic E-state index is 0.176. The Kier molecular flexibility index (Phi) is 2.22. The molecule has 1 aromatic rings. The lowest BCUT2D eigenvalue weighted by atomic mass is 9.92. The van der Waals surface area contributed by atoms with Crippen LogP contribution in [-0.4, -0.2) is 10.2 Å². The van der Waals surface area contributed by atoms with E-state index in [0.29, 0.717) is 17.8 Å². The fourth-order valence-electron chi connectivity index (χ4n) is 1.10. The summed E-state index contributed by atoms with van der Waals surface area (Å²) in [5.41, 5.74) is 0.910. The van der Waals surface area contributed by atoms with Gasteiger partial charge in [-0.2, -0.15) is 5.10 Å². The van der Waals surface area contributed by atoms with Gasteiger partial charge in [0.1, 0.15) is 5.69 Å². The molecule has 1 heterocycles. The van der Waals surface area contributed by atoms with E-state index in [1.165, 1.54) is 0 Å². The number of nitrogens with zero attached hydrogens (tertiary/aromatic N) is 1. The van der Waals surface area contributed by atoms with E-state index < -0.39 is 0 Å². The lowest BCUT2D eigenvalue weighted by molar-refractivity contribution is 0.508. The first-order chi connectivity index (χ1) is 5.46. The molecular formula is C9H15FN2. The van der Waals surface area contributed by atoms with Crippen molar-refractivity contribution in [1.82, 2.24) is 10.2 Å². The van der Waals surface area contributed by atoms with E-state index in [0.717, 1.165) is 0 Å². The summed E-state index contributed by atoms with van der Waals surface area (Å²) in [4.78, 5) is 0. The number of aryl methyl sites for hydroxylation is 1. The molecule has 0 fully saturated rings. The summed E-state index contributed by atoms with van der Waals surface area (Å²) in [5.74, 6) is -0.176. The van der Waals surface area contributed by atoms with Crippen molar-refractivity contribution in [3.8, 4) is 0 Å². The molecule has 0 aliphatic heterocycles. The van der Waals surface area contributed by atoms with Gasteiger partial charge in [-0.05, 0) is 6.42 Å². The molecule has 0 aliphatic rings. The smallest absolute Gasteiger partial charge is 0.167 e. The number of aromatic nitrogens is 2. The Hall–Kier alpha value is -0.860. The maximum atomic E-state index is 13.4. The topological polar surface area (TPSA) is 28.7 Å². The number of rotatable bonds is 1. The van der Waals surface area contributed by atoms with Crippen LogP contribution < -0.4 is 0 Å². The van der Waals surface area contributed by atoms with Gasteiger partial charge in [-0.3, -0.25) is 5.10 Å². The van der Waals surface area contributed by atoms with E-state index in [-0.39, 0.29) is 11.2 Å². The first-order valence-electron chi connectivity index (χ1n) is 4.20. The Morgan fingerprint density at radius 2 is 2.00 bits per heavy atom. The molecule has 0 aromatic carbocycles. The van der Waals surface area contributed by atoms with Gasteiger partial charge in [-0.15, -0.1) is 0 Å². The average Bonchev–Trinajstić information content (AvgIpc) is 2.29. The zero-order chi connectivity index (χ0) is 9.35. The van der Waals surface area contributed by atoms with Crippen LogP contribution in [0.25, 0.3) is 0 Å². The number of aromatic amines is 1. The summed E-state index contributed by atoms with van der Waals surface area (Å²) in [6.45, 7) is 7.76. The Bertz CT molecular complexity index is 271. The fourth-order valence-corrected chi connectivity index (χ4v) is 1.10. The normalized spacial score (nSPS) is 12.1. The van der Waals surface area contributed by atoms with Crippen LogP contribution in [0.1, 0.15) is 39.1 Å². The van der Waals surface area contributed by atoms with Crippen molar-refractivity contribution < 1.29 is 4.39 Å². The molecule has 0 spiro atoms. The molecule has 0 saturated carbocycles. The van der Waals surface area contributed by atoms with Crippen molar-refractivity contribution in [1.29, 1.82) is 0 Å². The molecule has 1 N–H and O–H groups in total. The zero-order valence-corrected chi connectivity index (χ0v) is 8.03. The van der Waals surface area contributed by atoms with Gasteiger partial charge in [0, 0.05) is 5.41 Å². The molecule has 12 heavy (non-hydrogen) atoms. The van der Waals surface area contributed by atoms with Crippen LogP contribution in [0.2, 0.25) is 0 Å². The van der Waals surface area contributed by atoms with Crippen molar-refractivity contribution in [2.24, 2.45) is 0 Å². The van der Waals surface area contributed by atoms with Gasteiger partial charge in [-0.25, -0.2) is 4.39 Å². The van der Waals surface area contributed by atoms with E-state index in [4.69, 9.17) is 0 Å². The van der Waals surface area contributed by atoms with Gasteiger partial charge < -0.3 is 0 Å². The first kappa shape index (κ1) is 9.23. The summed E-state index contributed by atoms with van der Waals surface area (Å²) in [6.07, 6.45) is 0.662. The maximum Gasteiger partial charge on any atom is 0.167 e. The Morgan fingerprint density at radius 3 is 2.25 bits per heavy atom. The van der Waals surface area contributed by atoms with Crippen LogP contribution in [0.3, 0.4) is 0 Å². The number of H-pyrrole nitrogens is 1. The summed E-state index contributed by atoms with van der Waals surface area (Å²) >= 11 is 0. The SMILES string of the molecule is CCc1[nH]nc(C(C)(C)C)c1F. The molecule has 0 aliphatic carbocycles. The van der Waals surface area contributed by atoms with Gasteiger partial charge in [0.25, 0.3) is 0 Å². The molecule has 3 heteroatoms. The van der Waals surface area contributed by atoms with Crippen LogP contribution in [0.15, 0.2) is 0 Å². The Morgan fingerprint density at radius 1 is 1.42 bits per heavy atom. The molecule has 0 unspecified atom stereocenters. The molecule has 0 atom stereocenters. The molecule has 1 aromatic heterocycles. The second-order valence-electron chi connectivity index (χ2n) is 3.97. The highest BCUT2D eigenvalue weighted by atomic mass is 19.1. The van der Waals surface area contributed by atoms with Crippen LogP contribution in [0.4, 0.5) is 4.39 Å². The van der Waals surface area contributed by atoms with Crippen molar-refractivity contribution in [3.05, 3.63) is 17.2 Å². The van der Waals surface area contributed by atoms with Crippen LogP contribution in [0.5, 0.6) is 0 Å². The van der Waals surface area contributed by atoms with Crippen molar-refractivity contribution in [2.45, 2.75) is 39.5 Å². The van der Waals surface area contributed by atoms with E-state index in [9.17, 15) is 4.39 Å². The highest BCUT2D eigenvalue weighted by molar-refractivity contribution is 5.19. The van der Waals surface area contributed by atoms with E-state index >= 15 is 0 Å². The van der Waals surface area contributed by atoms with E-state index in [1.807, 2.05) is 27.7 Å². The Labute approximate surface area is 72.2 Å². The van der Waals surface area contributed by atoms with Crippen LogP contribution >= 0.6 is 0 Å². The molecular weight excluding hydrogens is 155 g/mol. The fraction of sp³-hybridized carbons (Fsp3) is 0.667. The van der Waals surface area contributed by atoms with Gasteiger partial charge >= 0.3 is 0 Å². The highest BCUT2D eigenvalue weighted by Gasteiger charge is 2.23. The standard InChI is InChI=1S/C9H15FN2/c1-5-6-7(10)8(12-11-6)9(2,3)4/h5H2,1-4H3,(H,11,12). The minimum Gasteiger partial charge on any atom is -0.279 e. The lowest BCUT2D eigenvalue weighted by Crippen LogP contribution is -2.13. The quantitative estimate of drug-likeness (QED) is 0.688. The monoisotopic (exact) mass is 170 g/mol. The third-order valence-corrected chi connectivity index (χ3v) is 1.84. The summed E-state index contributed by atoms with van der Waals surface area (Å²) in [7, 11) is 0. The van der Waals surface area contributed by atoms with Crippen LogP contribution in [0, 0.1) is 5.82 Å². The molecule has 0 saturated heterocycles. The second-order valence-corrected chi connectivity index (χ2v) is 3.97. The number of halogens is 1. The van der Waals surface area contributed by atoms with Crippen LogP contribution in [-0.2, 0) is 11.8 Å². The molecule has 0 amide bonds. The Balaban J connectivity index is 3.11. The minimum atomic E-state index is -0.214. The summed E-state index contributed by atoms with van der Waals surface area (Å²) < 4.78 is 13.4. The number of nitrogens with one attached hydrogen (secondary N) is 1. The number of hydrogen-bond donors (Lipinski definition) is 1. The van der Waals surface area contributed by atoms with Gasteiger partial charge in [0.05, 0.1) is 5.69 Å². The number of hydrogen-bond acceptors (Lipinski definition) is 1. The van der Waals surface area contributed by atoms with Crippen molar-refractivity contribution in [3.63, 3.8) is 0 Å². The first-order valence-corrected chi connectivity index (χ1v) is 4.20. The third-order valence-electron chi connectivity index (χ3n) is 1.84. The van der Waals surface area contributed by atoms with E-state index in [2.05, 4.69) is 10.2 Å². The molecule has 68 valence electrons. The van der Waals surface area contributed by atoms with Gasteiger partial charge in [0.15, 0.2) is 5.82 Å².